The van der Waals surface area contributed by atoms with Gasteiger partial charge in [0, 0.05) is 0 Å². The Bertz CT molecular complexity index is 301. The van der Waals surface area contributed by atoms with E-state index in [0.29, 0.717) is 16.1 Å². The molecule has 1 heterocycles. The first-order valence-corrected chi connectivity index (χ1v) is 4.68. The number of halogens is 1. The van der Waals surface area contributed by atoms with Crippen LogP contribution in [0.25, 0.3) is 0 Å². The van der Waals surface area contributed by atoms with E-state index in [9.17, 15) is 0 Å². The zero-order valence-corrected chi connectivity index (χ0v) is 7.93. The van der Waals surface area contributed by atoms with Crippen LogP contribution in [0.5, 0.6) is 0 Å². The van der Waals surface area contributed by atoms with E-state index in [1.807, 2.05) is 6.26 Å². The standard InChI is InChI=1S/C6H7ClN4S/c1-12-6(8)11-5-3-9-2-4(7)10-5/h2-3H,1H3,(H2,8,10,11). The fraction of sp³-hybridized carbons (Fsp3) is 0.167. The predicted molar refractivity (Wildman–Crippen MR) is 51.8 cm³/mol. The first-order valence-electron chi connectivity index (χ1n) is 3.08. The lowest BCUT2D eigenvalue weighted by Gasteiger charge is -1.94. The van der Waals surface area contributed by atoms with Gasteiger partial charge in [-0.15, -0.1) is 0 Å². The lowest BCUT2D eigenvalue weighted by molar-refractivity contribution is 1.18. The maximum absolute atomic E-state index is 5.58. The monoisotopic (exact) mass is 202 g/mol. The highest BCUT2D eigenvalue weighted by Crippen LogP contribution is 2.11. The zero-order valence-electron chi connectivity index (χ0n) is 6.36. The van der Waals surface area contributed by atoms with Crippen LogP contribution >= 0.6 is 23.4 Å². The largest absolute Gasteiger partial charge is 0.378 e. The quantitative estimate of drug-likeness (QED) is 0.553. The van der Waals surface area contributed by atoms with E-state index >= 15 is 0 Å². The van der Waals surface area contributed by atoms with Crippen molar-refractivity contribution in [2.75, 3.05) is 6.26 Å². The zero-order chi connectivity index (χ0) is 8.97. The highest BCUT2D eigenvalue weighted by Gasteiger charge is 1.94. The van der Waals surface area contributed by atoms with Crippen molar-refractivity contribution in [2.24, 2.45) is 10.7 Å². The van der Waals surface area contributed by atoms with Crippen molar-refractivity contribution in [2.45, 2.75) is 0 Å². The van der Waals surface area contributed by atoms with Crippen LogP contribution in [0.15, 0.2) is 17.4 Å². The molecule has 0 aliphatic rings. The summed E-state index contributed by atoms with van der Waals surface area (Å²) in [7, 11) is 0. The van der Waals surface area contributed by atoms with Crippen molar-refractivity contribution < 1.29 is 0 Å². The summed E-state index contributed by atoms with van der Waals surface area (Å²) < 4.78 is 0. The summed E-state index contributed by atoms with van der Waals surface area (Å²) in [6.07, 6.45) is 4.77. The van der Waals surface area contributed by atoms with Gasteiger partial charge in [-0.2, -0.15) is 0 Å². The lowest BCUT2D eigenvalue weighted by atomic mass is 10.7. The van der Waals surface area contributed by atoms with E-state index in [1.54, 1.807) is 0 Å². The molecule has 0 saturated carbocycles. The molecule has 1 rings (SSSR count). The average Bonchev–Trinajstić information content (AvgIpc) is 2.04. The van der Waals surface area contributed by atoms with Crippen molar-refractivity contribution in [3.05, 3.63) is 17.5 Å². The maximum Gasteiger partial charge on any atom is 0.174 e. The third-order valence-electron chi connectivity index (χ3n) is 1.03. The SMILES string of the molecule is CS/C(N)=N/c1cncc(Cl)n1. The molecule has 1 aromatic heterocycles. The van der Waals surface area contributed by atoms with Gasteiger partial charge in [0.15, 0.2) is 11.0 Å². The molecule has 0 aromatic carbocycles. The number of hydrogen-bond acceptors (Lipinski definition) is 4. The third kappa shape index (κ3) is 2.67. The van der Waals surface area contributed by atoms with Crippen LogP contribution in [0.4, 0.5) is 5.82 Å². The van der Waals surface area contributed by atoms with E-state index < -0.39 is 0 Å². The van der Waals surface area contributed by atoms with E-state index in [-0.39, 0.29) is 0 Å². The Morgan fingerprint density at radius 1 is 1.67 bits per heavy atom. The van der Waals surface area contributed by atoms with Crippen molar-refractivity contribution in [3.63, 3.8) is 0 Å². The van der Waals surface area contributed by atoms with E-state index in [0.717, 1.165) is 0 Å². The number of nitrogens with two attached hydrogens (primary N) is 1. The van der Waals surface area contributed by atoms with Gasteiger partial charge in [0.05, 0.1) is 12.4 Å². The maximum atomic E-state index is 5.58. The molecule has 64 valence electrons. The van der Waals surface area contributed by atoms with Gasteiger partial charge in [-0.05, 0) is 6.26 Å². The number of nitrogens with zero attached hydrogens (tertiary/aromatic N) is 3. The van der Waals surface area contributed by atoms with E-state index in [2.05, 4.69) is 15.0 Å². The predicted octanol–water partition coefficient (Wildman–Crippen LogP) is 1.44. The van der Waals surface area contributed by atoms with Gasteiger partial charge in [0.2, 0.25) is 0 Å². The van der Waals surface area contributed by atoms with Crippen molar-refractivity contribution in [1.82, 2.24) is 9.97 Å². The Hall–Kier alpha value is -0.810. The molecule has 6 heteroatoms. The average molecular weight is 203 g/mol. The molecule has 0 unspecified atom stereocenters. The molecule has 0 saturated heterocycles. The summed E-state index contributed by atoms with van der Waals surface area (Å²) in [5.74, 6) is 0.425. The van der Waals surface area contributed by atoms with Gasteiger partial charge in [-0.25, -0.2) is 9.98 Å². The smallest absolute Gasteiger partial charge is 0.174 e. The number of amidine groups is 1. The lowest BCUT2D eigenvalue weighted by Crippen LogP contribution is -2.04. The van der Waals surface area contributed by atoms with Crippen LogP contribution in [0.1, 0.15) is 0 Å². The molecule has 0 radical (unpaired) electrons. The molecule has 4 nitrogen and oxygen atoms in total. The van der Waals surface area contributed by atoms with Crippen LogP contribution in [0.3, 0.4) is 0 Å². The molecule has 0 amide bonds. The highest BCUT2D eigenvalue weighted by molar-refractivity contribution is 8.13. The molecule has 0 bridgehead atoms. The second-order valence-electron chi connectivity index (χ2n) is 1.85. The second kappa shape index (κ2) is 4.27. The normalized spacial score (nSPS) is 11.7. The summed E-state index contributed by atoms with van der Waals surface area (Å²) in [4.78, 5) is 11.6. The number of aromatic nitrogens is 2. The fourth-order valence-corrected chi connectivity index (χ4v) is 0.873. The Labute approximate surface area is 79.3 Å². The molecular weight excluding hydrogens is 196 g/mol. The number of thioether (sulfide) groups is 1. The van der Waals surface area contributed by atoms with Crippen molar-refractivity contribution in [3.8, 4) is 0 Å². The summed E-state index contributed by atoms with van der Waals surface area (Å²) in [5.41, 5.74) is 5.46. The van der Waals surface area contributed by atoms with Gasteiger partial charge in [-0.1, -0.05) is 23.4 Å². The first-order chi connectivity index (χ1) is 5.72. The summed E-state index contributed by atoms with van der Waals surface area (Å²) in [6.45, 7) is 0. The molecule has 0 atom stereocenters. The molecule has 0 aliphatic heterocycles. The molecule has 2 N–H and O–H groups in total. The minimum absolute atomic E-state index is 0.310. The van der Waals surface area contributed by atoms with Gasteiger partial charge in [0.1, 0.15) is 5.15 Å². The Morgan fingerprint density at radius 3 is 3.00 bits per heavy atom. The van der Waals surface area contributed by atoms with Crippen molar-refractivity contribution in [1.29, 1.82) is 0 Å². The Balaban J connectivity index is 2.89. The third-order valence-corrected chi connectivity index (χ3v) is 1.72. The van der Waals surface area contributed by atoms with Crippen LogP contribution in [-0.2, 0) is 0 Å². The highest BCUT2D eigenvalue weighted by atomic mass is 35.5. The molecular formula is C6H7ClN4S. The van der Waals surface area contributed by atoms with Crippen LogP contribution in [-0.4, -0.2) is 21.4 Å². The molecule has 0 fully saturated rings. The van der Waals surface area contributed by atoms with Gasteiger partial charge in [-0.3, -0.25) is 4.98 Å². The Kier molecular flexibility index (Phi) is 3.31. The summed E-state index contributed by atoms with van der Waals surface area (Å²) >= 11 is 6.92. The summed E-state index contributed by atoms with van der Waals surface area (Å²) in [5, 5.41) is 0.747. The van der Waals surface area contributed by atoms with Crippen LogP contribution < -0.4 is 5.73 Å². The van der Waals surface area contributed by atoms with Gasteiger partial charge < -0.3 is 5.73 Å². The Morgan fingerprint density at radius 2 is 2.42 bits per heavy atom. The minimum atomic E-state index is 0.310. The molecule has 0 spiro atoms. The van der Waals surface area contributed by atoms with Crippen LogP contribution in [0.2, 0.25) is 5.15 Å². The number of aliphatic imine (C=N–C) groups is 1. The number of rotatable bonds is 1. The van der Waals surface area contributed by atoms with Crippen LogP contribution in [0, 0.1) is 0 Å². The first kappa shape index (κ1) is 9.28. The molecule has 12 heavy (non-hydrogen) atoms. The van der Waals surface area contributed by atoms with E-state index in [1.165, 1.54) is 24.2 Å². The number of hydrogen-bond donors (Lipinski definition) is 1. The van der Waals surface area contributed by atoms with E-state index in [4.69, 9.17) is 17.3 Å². The molecule has 0 aliphatic carbocycles. The topological polar surface area (TPSA) is 64.2 Å². The van der Waals surface area contributed by atoms with Crippen molar-refractivity contribution >= 4 is 34.3 Å². The summed E-state index contributed by atoms with van der Waals surface area (Å²) in [6, 6.07) is 0. The fourth-order valence-electron chi connectivity index (χ4n) is 0.545. The second-order valence-corrected chi connectivity index (χ2v) is 3.07. The minimum Gasteiger partial charge on any atom is -0.378 e. The van der Waals surface area contributed by atoms with Gasteiger partial charge >= 0.3 is 0 Å². The molecule has 1 aromatic rings. The van der Waals surface area contributed by atoms with Gasteiger partial charge in [0.25, 0.3) is 0 Å².